The molecule has 9 heavy (non-hydrogen) atoms. The standard InChI is InChI=1S/C6H16O2P/c1-5(2)9(7,8)6(3)4/h5-8H,1-4H3/q+1. The maximum Gasteiger partial charge on any atom is 0.272 e. The maximum absolute atomic E-state index is 9.34. The fourth-order valence-corrected chi connectivity index (χ4v) is 1.79. The van der Waals surface area contributed by atoms with Gasteiger partial charge in [-0.1, -0.05) is 0 Å². The van der Waals surface area contributed by atoms with Crippen molar-refractivity contribution in [3.05, 3.63) is 0 Å². The van der Waals surface area contributed by atoms with E-state index in [2.05, 4.69) is 0 Å². The molecule has 0 rings (SSSR count). The molecule has 0 saturated heterocycles. The van der Waals surface area contributed by atoms with E-state index in [9.17, 15) is 9.79 Å². The molecule has 0 aliphatic carbocycles. The third kappa shape index (κ3) is 2.21. The Morgan fingerprint density at radius 1 is 0.889 bits per heavy atom. The minimum absolute atomic E-state index is 0.0116. The second-order valence-electron chi connectivity index (χ2n) is 2.89. The van der Waals surface area contributed by atoms with E-state index in [4.69, 9.17) is 0 Å². The molecule has 0 atom stereocenters. The summed E-state index contributed by atoms with van der Waals surface area (Å²) in [5, 5.41) is 0. The molecule has 0 aromatic heterocycles. The van der Waals surface area contributed by atoms with Crippen LogP contribution < -0.4 is 0 Å². The van der Waals surface area contributed by atoms with Crippen LogP contribution in [0.4, 0.5) is 0 Å². The Bertz CT molecular complexity index is 79.1. The van der Waals surface area contributed by atoms with Crippen LogP contribution in [0.5, 0.6) is 0 Å². The molecule has 0 aliphatic rings. The number of rotatable bonds is 2. The first-order valence-electron chi connectivity index (χ1n) is 3.23. The van der Waals surface area contributed by atoms with E-state index in [1.54, 1.807) is 0 Å². The monoisotopic (exact) mass is 151 g/mol. The third-order valence-electron chi connectivity index (χ3n) is 1.52. The Hall–Kier alpha value is 0.350. The molecule has 56 valence electrons. The van der Waals surface area contributed by atoms with Crippen LogP contribution in [0.2, 0.25) is 0 Å². The van der Waals surface area contributed by atoms with E-state index in [-0.39, 0.29) is 11.3 Å². The van der Waals surface area contributed by atoms with E-state index < -0.39 is 7.72 Å². The van der Waals surface area contributed by atoms with Gasteiger partial charge in [-0.2, -0.15) is 0 Å². The van der Waals surface area contributed by atoms with Crippen molar-refractivity contribution in [2.24, 2.45) is 0 Å². The summed E-state index contributed by atoms with van der Waals surface area (Å²) in [4.78, 5) is 18.7. The van der Waals surface area contributed by atoms with E-state index in [1.807, 2.05) is 27.7 Å². The molecule has 0 saturated carbocycles. The first-order chi connectivity index (χ1) is 3.89. The lowest BCUT2D eigenvalue weighted by atomic mass is 10.5. The Balaban J connectivity index is 4.01. The fourth-order valence-electron chi connectivity index (χ4n) is 0.596. The molecule has 0 fully saturated rings. The van der Waals surface area contributed by atoms with Crippen molar-refractivity contribution in [3.63, 3.8) is 0 Å². The van der Waals surface area contributed by atoms with Gasteiger partial charge in [0.15, 0.2) is 0 Å². The lowest BCUT2D eigenvalue weighted by Crippen LogP contribution is -2.13. The van der Waals surface area contributed by atoms with Gasteiger partial charge in [-0.3, -0.25) is 0 Å². The van der Waals surface area contributed by atoms with Gasteiger partial charge in [-0.15, -0.1) is 0 Å². The van der Waals surface area contributed by atoms with E-state index in [0.29, 0.717) is 0 Å². The Kier molecular flexibility index (Phi) is 3.07. The minimum atomic E-state index is -2.59. The van der Waals surface area contributed by atoms with Crippen LogP contribution in [-0.4, -0.2) is 21.1 Å². The molecule has 2 N–H and O–H groups in total. The predicted molar refractivity (Wildman–Crippen MR) is 41.6 cm³/mol. The summed E-state index contributed by atoms with van der Waals surface area (Å²) in [7, 11) is -2.59. The number of hydrogen-bond acceptors (Lipinski definition) is 2. The van der Waals surface area contributed by atoms with Gasteiger partial charge in [0.05, 0.1) is 0 Å². The molecule has 0 amide bonds. The lowest BCUT2D eigenvalue weighted by molar-refractivity contribution is 0.426. The SMILES string of the molecule is CC(C)[P+](O)(O)C(C)C. The van der Waals surface area contributed by atoms with Crippen molar-refractivity contribution >= 4 is 7.72 Å². The molecule has 3 heteroatoms. The van der Waals surface area contributed by atoms with Gasteiger partial charge in [0.25, 0.3) is 7.72 Å². The summed E-state index contributed by atoms with van der Waals surface area (Å²) in [6.07, 6.45) is 0. The van der Waals surface area contributed by atoms with Crippen molar-refractivity contribution in [2.45, 2.75) is 39.0 Å². The molecular weight excluding hydrogens is 135 g/mol. The highest BCUT2D eigenvalue weighted by molar-refractivity contribution is 7.65. The zero-order chi connectivity index (χ0) is 7.65. The molecular formula is C6H16O2P+. The minimum Gasteiger partial charge on any atom is -0.220 e. The van der Waals surface area contributed by atoms with Gasteiger partial charge in [0.2, 0.25) is 0 Å². The van der Waals surface area contributed by atoms with Crippen molar-refractivity contribution in [3.8, 4) is 0 Å². The van der Waals surface area contributed by atoms with E-state index >= 15 is 0 Å². The van der Waals surface area contributed by atoms with Gasteiger partial charge in [-0.05, 0) is 27.7 Å². The molecule has 0 spiro atoms. The second-order valence-corrected chi connectivity index (χ2v) is 6.35. The molecule has 0 heterocycles. The van der Waals surface area contributed by atoms with Gasteiger partial charge >= 0.3 is 0 Å². The first-order valence-corrected chi connectivity index (χ1v) is 5.06. The molecule has 0 radical (unpaired) electrons. The van der Waals surface area contributed by atoms with Gasteiger partial charge in [0, 0.05) is 0 Å². The summed E-state index contributed by atoms with van der Waals surface area (Å²) in [6, 6.07) is 0. The third-order valence-corrected chi connectivity index (χ3v) is 4.56. The highest BCUT2D eigenvalue weighted by Gasteiger charge is 2.41. The highest BCUT2D eigenvalue weighted by atomic mass is 31.2. The smallest absolute Gasteiger partial charge is 0.220 e. The largest absolute Gasteiger partial charge is 0.272 e. The van der Waals surface area contributed by atoms with Crippen molar-refractivity contribution in [2.75, 3.05) is 0 Å². The van der Waals surface area contributed by atoms with Crippen LogP contribution >= 0.6 is 7.72 Å². The van der Waals surface area contributed by atoms with Gasteiger partial charge in [-0.25, -0.2) is 9.79 Å². The van der Waals surface area contributed by atoms with Crippen LogP contribution in [0.25, 0.3) is 0 Å². The van der Waals surface area contributed by atoms with Crippen LogP contribution in [0.3, 0.4) is 0 Å². The quantitative estimate of drug-likeness (QED) is 0.589. The van der Waals surface area contributed by atoms with E-state index in [0.717, 1.165) is 0 Å². The Labute approximate surface area is 57.4 Å². The Morgan fingerprint density at radius 2 is 1.11 bits per heavy atom. The average molecular weight is 151 g/mol. The van der Waals surface area contributed by atoms with Crippen molar-refractivity contribution in [1.29, 1.82) is 0 Å². The second kappa shape index (κ2) is 2.96. The Morgan fingerprint density at radius 3 is 1.11 bits per heavy atom. The van der Waals surface area contributed by atoms with Crippen molar-refractivity contribution in [1.82, 2.24) is 0 Å². The summed E-state index contributed by atoms with van der Waals surface area (Å²) in [5.41, 5.74) is 0.0231. The zero-order valence-electron chi connectivity index (χ0n) is 6.50. The summed E-state index contributed by atoms with van der Waals surface area (Å²) >= 11 is 0. The number of hydrogen-bond donors (Lipinski definition) is 2. The van der Waals surface area contributed by atoms with Gasteiger partial charge in [0.1, 0.15) is 11.3 Å². The van der Waals surface area contributed by atoms with Crippen molar-refractivity contribution < 1.29 is 9.79 Å². The predicted octanol–water partition coefficient (Wildman–Crippen LogP) is 1.64. The lowest BCUT2D eigenvalue weighted by Gasteiger charge is -2.19. The first kappa shape index (κ1) is 9.35. The molecule has 0 aliphatic heterocycles. The van der Waals surface area contributed by atoms with Crippen LogP contribution in [0.15, 0.2) is 0 Å². The highest BCUT2D eigenvalue weighted by Crippen LogP contribution is 2.58. The summed E-state index contributed by atoms with van der Waals surface area (Å²) in [6.45, 7) is 7.36. The molecule has 0 unspecified atom stereocenters. The van der Waals surface area contributed by atoms with Crippen LogP contribution in [-0.2, 0) is 0 Å². The van der Waals surface area contributed by atoms with Crippen LogP contribution in [0, 0.1) is 0 Å². The molecule has 0 aromatic carbocycles. The zero-order valence-corrected chi connectivity index (χ0v) is 7.39. The fraction of sp³-hybridized carbons (Fsp3) is 1.00. The normalized spacial score (nSPS) is 13.3. The molecule has 2 nitrogen and oxygen atoms in total. The van der Waals surface area contributed by atoms with Gasteiger partial charge < -0.3 is 0 Å². The molecule has 0 bridgehead atoms. The molecule has 0 aromatic rings. The van der Waals surface area contributed by atoms with Crippen LogP contribution in [0.1, 0.15) is 27.7 Å². The topological polar surface area (TPSA) is 40.5 Å². The average Bonchev–Trinajstić information content (AvgIpc) is 1.65. The maximum atomic E-state index is 9.34. The van der Waals surface area contributed by atoms with E-state index in [1.165, 1.54) is 0 Å². The summed E-state index contributed by atoms with van der Waals surface area (Å²) < 4.78 is 0. The summed E-state index contributed by atoms with van der Waals surface area (Å²) in [5.74, 6) is 0.